The lowest BCUT2D eigenvalue weighted by atomic mass is 10.2. The first-order valence-electron chi connectivity index (χ1n) is 5.43. The molecule has 0 spiro atoms. The number of sulfone groups is 1. The van der Waals surface area contributed by atoms with Crippen LogP contribution >= 0.6 is 0 Å². The molecule has 0 radical (unpaired) electrons. The Labute approximate surface area is 100 Å². The van der Waals surface area contributed by atoms with E-state index in [1.54, 1.807) is 26.1 Å². The highest BCUT2D eigenvalue weighted by molar-refractivity contribution is 7.91. The van der Waals surface area contributed by atoms with Crippen molar-refractivity contribution >= 4 is 15.7 Å². The maximum absolute atomic E-state index is 12.0. The average Bonchev–Trinajstić information content (AvgIpc) is 2.82. The fourth-order valence-electron chi connectivity index (χ4n) is 1.97. The monoisotopic (exact) mass is 257 g/mol. The van der Waals surface area contributed by atoms with Crippen LogP contribution in [0.5, 0.6) is 0 Å². The van der Waals surface area contributed by atoms with Gasteiger partial charge in [0.05, 0.1) is 11.5 Å². The summed E-state index contributed by atoms with van der Waals surface area (Å²) in [6.45, 7) is 1.76. The van der Waals surface area contributed by atoms with Gasteiger partial charge < -0.3 is 9.32 Å². The lowest BCUT2D eigenvalue weighted by molar-refractivity contribution is 0.0714. The van der Waals surface area contributed by atoms with Gasteiger partial charge in [-0.15, -0.1) is 0 Å². The van der Waals surface area contributed by atoms with Crippen LogP contribution in [0.1, 0.15) is 22.7 Å². The molecule has 1 aromatic rings. The Morgan fingerprint density at radius 2 is 2.18 bits per heavy atom. The van der Waals surface area contributed by atoms with Crippen LogP contribution in [0.2, 0.25) is 0 Å². The van der Waals surface area contributed by atoms with Crippen molar-refractivity contribution < 1.29 is 17.6 Å². The molecule has 0 aromatic carbocycles. The second-order valence-electron chi connectivity index (χ2n) is 4.38. The molecular weight excluding hydrogens is 242 g/mol. The lowest BCUT2D eigenvalue weighted by Gasteiger charge is -2.22. The van der Waals surface area contributed by atoms with Crippen molar-refractivity contribution in [2.24, 2.45) is 0 Å². The molecule has 2 rings (SSSR count). The topological polar surface area (TPSA) is 67.6 Å². The summed E-state index contributed by atoms with van der Waals surface area (Å²) in [5.41, 5.74) is 0. The smallest absolute Gasteiger partial charge is 0.289 e. The summed E-state index contributed by atoms with van der Waals surface area (Å²) in [7, 11) is -1.36. The summed E-state index contributed by atoms with van der Waals surface area (Å²) in [4.78, 5) is 13.5. The van der Waals surface area contributed by atoms with Gasteiger partial charge in [0.1, 0.15) is 5.76 Å². The molecule has 1 atom stereocenters. The van der Waals surface area contributed by atoms with Crippen LogP contribution in [0.15, 0.2) is 16.5 Å². The number of hydrogen-bond donors (Lipinski definition) is 0. The number of rotatable bonds is 2. The summed E-state index contributed by atoms with van der Waals surface area (Å²) in [6, 6.07) is 3.09. The molecule has 2 heterocycles. The molecule has 5 nitrogen and oxygen atoms in total. The lowest BCUT2D eigenvalue weighted by Crippen LogP contribution is -2.37. The van der Waals surface area contributed by atoms with E-state index in [-0.39, 0.29) is 29.2 Å². The van der Waals surface area contributed by atoms with Gasteiger partial charge in [-0.3, -0.25) is 4.79 Å². The average molecular weight is 257 g/mol. The number of carbonyl (C=O) groups is 1. The highest BCUT2D eigenvalue weighted by Crippen LogP contribution is 2.19. The minimum atomic E-state index is -2.98. The SMILES string of the molecule is Cc1ccc(C(=O)N(C)C2CCS(=O)(=O)C2)o1. The van der Waals surface area contributed by atoms with Crippen molar-refractivity contribution in [3.8, 4) is 0 Å². The molecular formula is C11H15NO4S. The van der Waals surface area contributed by atoms with E-state index in [4.69, 9.17) is 4.42 Å². The van der Waals surface area contributed by atoms with Crippen molar-refractivity contribution in [1.29, 1.82) is 0 Å². The zero-order valence-electron chi connectivity index (χ0n) is 9.84. The summed E-state index contributed by atoms with van der Waals surface area (Å²) >= 11 is 0. The minimum absolute atomic E-state index is 0.0505. The Bertz CT molecular complexity index is 531. The third-order valence-corrected chi connectivity index (χ3v) is 4.78. The second-order valence-corrected chi connectivity index (χ2v) is 6.61. The Balaban J connectivity index is 2.11. The van der Waals surface area contributed by atoms with Gasteiger partial charge in [-0.2, -0.15) is 0 Å². The molecule has 1 aliphatic rings. The third-order valence-electron chi connectivity index (χ3n) is 3.03. The van der Waals surface area contributed by atoms with Crippen LogP contribution in [0.25, 0.3) is 0 Å². The van der Waals surface area contributed by atoms with E-state index < -0.39 is 9.84 Å². The Morgan fingerprint density at radius 1 is 1.47 bits per heavy atom. The quantitative estimate of drug-likeness (QED) is 0.787. The highest BCUT2D eigenvalue weighted by atomic mass is 32.2. The Hall–Kier alpha value is -1.30. The van der Waals surface area contributed by atoms with Crippen molar-refractivity contribution in [3.63, 3.8) is 0 Å². The minimum Gasteiger partial charge on any atom is -0.456 e. The maximum atomic E-state index is 12.0. The van der Waals surface area contributed by atoms with E-state index in [2.05, 4.69) is 0 Å². The zero-order valence-corrected chi connectivity index (χ0v) is 10.7. The van der Waals surface area contributed by atoms with Gasteiger partial charge >= 0.3 is 0 Å². The van der Waals surface area contributed by atoms with Gasteiger partial charge in [0.2, 0.25) is 0 Å². The molecule has 1 saturated heterocycles. The summed E-state index contributed by atoms with van der Waals surface area (Å²) in [5.74, 6) is 0.872. The molecule has 1 aromatic heterocycles. The van der Waals surface area contributed by atoms with E-state index in [1.165, 1.54) is 4.90 Å². The van der Waals surface area contributed by atoms with Crippen LogP contribution in [0, 0.1) is 6.92 Å². The van der Waals surface area contributed by atoms with E-state index in [0.29, 0.717) is 12.2 Å². The van der Waals surface area contributed by atoms with Crippen LogP contribution in [0.3, 0.4) is 0 Å². The standard InChI is InChI=1S/C11H15NO4S/c1-8-3-4-10(16-8)11(13)12(2)9-5-6-17(14,15)7-9/h3-4,9H,5-7H2,1-2H3. The van der Waals surface area contributed by atoms with E-state index in [9.17, 15) is 13.2 Å². The molecule has 6 heteroatoms. The molecule has 94 valence electrons. The molecule has 0 aliphatic carbocycles. The van der Waals surface area contributed by atoms with Crippen molar-refractivity contribution in [1.82, 2.24) is 4.90 Å². The first-order valence-corrected chi connectivity index (χ1v) is 7.25. The van der Waals surface area contributed by atoms with Crippen LogP contribution in [-0.4, -0.2) is 43.8 Å². The molecule has 1 amide bonds. The fraction of sp³-hybridized carbons (Fsp3) is 0.545. The van der Waals surface area contributed by atoms with Gasteiger partial charge in [-0.1, -0.05) is 0 Å². The molecule has 1 fully saturated rings. The zero-order chi connectivity index (χ0) is 12.6. The van der Waals surface area contributed by atoms with E-state index in [0.717, 1.165) is 0 Å². The van der Waals surface area contributed by atoms with Gasteiger partial charge in [-0.05, 0) is 25.5 Å². The Morgan fingerprint density at radius 3 is 2.65 bits per heavy atom. The molecule has 1 aliphatic heterocycles. The summed E-state index contributed by atoms with van der Waals surface area (Å²) < 4.78 is 27.9. The number of aryl methyl sites for hydroxylation is 1. The fourth-order valence-corrected chi connectivity index (χ4v) is 3.74. The molecule has 0 saturated carbocycles. The first kappa shape index (κ1) is 12.2. The van der Waals surface area contributed by atoms with E-state index >= 15 is 0 Å². The van der Waals surface area contributed by atoms with Gasteiger partial charge in [0, 0.05) is 13.1 Å². The normalized spacial score (nSPS) is 22.6. The first-order chi connectivity index (χ1) is 7.89. The van der Waals surface area contributed by atoms with Gasteiger partial charge in [-0.25, -0.2) is 8.42 Å². The second kappa shape index (κ2) is 4.18. The van der Waals surface area contributed by atoms with Gasteiger partial charge in [0.15, 0.2) is 15.6 Å². The molecule has 0 N–H and O–H groups in total. The third kappa shape index (κ3) is 2.52. The van der Waals surface area contributed by atoms with Gasteiger partial charge in [0.25, 0.3) is 5.91 Å². The molecule has 17 heavy (non-hydrogen) atoms. The highest BCUT2D eigenvalue weighted by Gasteiger charge is 2.33. The molecule has 1 unspecified atom stereocenters. The molecule has 0 bridgehead atoms. The summed E-state index contributed by atoms with van der Waals surface area (Å²) in [6.07, 6.45) is 0.504. The van der Waals surface area contributed by atoms with Crippen molar-refractivity contribution in [3.05, 3.63) is 23.7 Å². The number of amides is 1. The maximum Gasteiger partial charge on any atom is 0.289 e. The number of carbonyl (C=O) groups excluding carboxylic acids is 1. The number of nitrogens with zero attached hydrogens (tertiary/aromatic N) is 1. The van der Waals surface area contributed by atoms with Crippen molar-refractivity contribution in [2.45, 2.75) is 19.4 Å². The predicted molar refractivity (Wildman–Crippen MR) is 62.6 cm³/mol. The number of furan rings is 1. The van der Waals surface area contributed by atoms with Crippen LogP contribution < -0.4 is 0 Å². The Kier molecular flexibility index (Phi) is 2.99. The summed E-state index contributed by atoms with van der Waals surface area (Å²) in [5, 5.41) is 0. The predicted octanol–water partition coefficient (Wildman–Crippen LogP) is 0.847. The van der Waals surface area contributed by atoms with Crippen molar-refractivity contribution in [2.75, 3.05) is 18.6 Å². The van der Waals surface area contributed by atoms with E-state index in [1.807, 2.05) is 0 Å². The van der Waals surface area contributed by atoms with Crippen LogP contribution in [-0.2, 0) is 9.84 Å². The number of hydrogen-bond acceptors (Lipinski definition) is 4. The van der Waals surface area contributed by atoms with Crippen LogP contribution in [0.4, 0.5) is 0 Å². The largest absolute Gasteiger partial charge is 0.456 e.